The van der Waals surface area contributed by atoms with Gasteiger partial charge in [-0.05, 0) is 13.5 Å². The summed E-state index contributed by atoms with van der Waals surface area (Å²) in [4.78, 5) is 16.0. The number of hydrogen-bond donors (Lipinski definition) is 1. The Morgan fingerprint density at radius 3 is 2.45 bits per heavy atom. The van der Waals surface area contributed by atoms with Crippen LogP contribution in [0.2, 0.25) is 0 Å². The smallest absolute Gasteiger partial charge is 0.223 e. The summed E-state index contributed by atoms with van der Waals surface area (Å²) in [6, 6.07) is -0.0502. The van der Waals surface area contributed by atoms with Gasteiger partial charge < -0.3 is 10.2 Å². The van der Waals surface area contributed by atoms with Crippen LogP contribution < -0.4 is 5.32 Å². The van der Waals surface area contributed by atoms with E-state index in [9.17, 15) is 13.2 Å². The van der Waals surface area contributed by atoms with Crippen molar-refractivity contribution in [3.63, 3.8) is 0 Å². The Bertz CT molecular complexity index is 405. The van der Waals surface area contributed by atoms with Gasteiger partial charge in [-0.3, -0.25) is 9.69 Å². The molecule has 1 aliphatic heterocycles. The number of carbonyl (C=O) groups is 1. The van der Waals surface area contributed by atoms with Gasteiger partial charge in [0, 0.05) is 51.4 Å². The minimum Gasteiger partial charge on any atom is -0.340 e. The second-order valence-electron chi connectivity index (χ2n) is 5.45. The van der Waals surface area contributed by atoms with Gasteiger partial charge in [-0.15, -0.1) is 0 Å². The molecule has 0 aromatic carbocycles. The molecule has 0 aliphatic carbocycles. The van der Waals surface area contributed by atoms with E-state index in [0.29, 0.717) is 13.0 Å². The SMILES string of the molecule is CCN(CCC(=O)N1CCNCC1)C(C)CS(C)(=O)=O. The second kappa shape index (κ2) is 7.95. The molecule has 1 amide bonds. The number of nitrogens with zero attached hydrogens (tertiary/aromatic N) is 2. The summed E-state index contributed by atoms with van der Waals surface area (Å²) in [5, 5.41) is 3.22. The van der Waals surface area contributed by atoms with Crippen molar-refractivity contribution < 1.29 is 13.2 Å². The molecule has 6 nitrogen and oxygen atoms in total. The topological polar surface area (TPSA) is 69.7 Å². The van der Waals surface area contributed by atoms with Crippen LogP contribution in [0.1, 0.15) is 20.3 Å². The highest BCUT2D eigenvalue weighted by molar-refractivity contribution is 7.90. The highest BCUT2D eigenvalue weighted by atomic mass is 32.2. The maximum atomic E-state index is 12.1. The Balaban J connectivity index is 2.41. The van der Waals surface area contributed by atoms with Gasteiger partial charge in [0.15, 0.2) is 0 Å². The van der Waals surface area contributed by atoms with Gasteiger partial charge >= 0.3 is 0 Å². The number of amides is 1. The normalized spacial score (nSPS) is 18.3. The zero-order valence-electron chi connectivity index (χ0n) is 12.8. The molecule has 0 bridgehead atoms. The summed E-state index contributed by atoms with van der Waals surface area (Å²) in [6.07, 6.45) is 1.71. The third-order valence-corrected chi connectivity index (χ3v) is 4.74. The van der Waals surface area contributed by atoms with E-state index in [2.05, 4.69) is 10.2 Å². The fourth-order valence-electron chi connectivity index (χ4n) is 2.55. The van der Waals surface area contributed by atoms with E-state index in [4.69, 9.17) is 0 Å². The molecule has 1 N–H and O–H groups in total. The standard InChI is InChI=1S/C13H27N3O3S/c1-4-15(12(2)11-20(3,18)19)8-5-13(17)16-9-6-14-7-10-16/h12,14H,4-11H2,1-3H3. The zero-order chi connectivity index (χ0) is 15.2. The third kappa shape index (κ3) is 6.19. The van der Waals surface area contributed by atoms with E-state index in [1.807, 2.05) is 18.7 Å². The molecule has 0 aromatic rings. The first-order chi connectivity index (χ1) is 9.33. The summed E-state index contributed by atoms with van der Waals surface area (Å²) in [6.45, 7) is 8.52. The maximum Gasteiger partial charge on any atom is 0.223 e. The molecule has 0 saturated carbocycles. The summed E-state index contributed by atoms with van der Waals surface area (Å²) in [5.74, 6) is 0.305. The average molecular weight is 305 g/mol. The molecule has 1 atom stereocenters. The molecule has 0 spiro atoms. The fraction of sp³-hybridized carbons (Fsp3) is 0.923. The number of sulfone groups is 1. The van der Waals surface area contributed by atoms with E-state index >= 15 is 0 Å². The van der Waals surface area contributed by atoms with E-state index in [1.54, 1.807) is 0 Å². The Morgan fingerprint density at radius 1 is 1.35 bits per heavy atom. The van der Waals surface area contributed by atoms with Gasteiger partial charge in [-0.25, -0.2) is 8.42 Å². The van der Waals surface area contributed by atoms with Crippen molar-refractivity contribution in [2.24, 2.45) is 0 Å². The quantitative estimate of drug-likeness (QED) is 0.691. The molecule has 1 rings (SSSR count). The molecular formula is C13H27N3O3S. The van der Waals surface area contributed by atoms with Gasteiger partial charge in [0.1, 0.15) is 9.84 Å². The minimum atomic E-state index is -2.98. The van der Waals surface area contributed by atoms with E-state index in [1.165, 1.54) is 6.26 Å². The Kier molecular flexibility index (Phi) is 6.91. The van der Waals surface area contributed by atoms with Crippen LogP contribution in [-0.4, -0.2) is 81.4 Å². The van der Waals surface area contributed by atoms with Gasteiger partial charge in [-0.1, -0.05) is 6.92 Å². The molecule has 7 heteroatoms. The summed E-state index contributed by atoms with van der Waals surface area (Å²) < 4.78 is 22.7. The highest BCUT2D eigenvalue weighted by Gasteiger charge is 2.20. The van der Waals surface area contributed by atoms with Gasteiger partial charge in [-0.2, -0.15) is 0 Å². The van der Waals surface area contributed by atoms with Crippen LogP contribution in [0.3, 0.4) is 0 Å². The third-order valence-electron chi connectivity index (χ3n) is 3.66. The van der Waals surface area contributed by atoms with Crippen molar-refractivity contribution >= 4 is 15.7 Å². The van der Waals surface area contributed by atoms with Crippen LogP contribution in [-0.2, 0) is 14.6 Å². The number of hydrogen-bond acceptors (Lipinski definition) is 5. The van der Waals surface area contributed by atoms with Crippen LogP contribution in [0.15, 0.2) is 0 Å². The van der Waals surface area contributed by atoms with Crippen molar-refractivity contribution in [2.45, 2.75) is 26.3 Å². The van der Waals surface area contributed by atoms with Gasteiger partial charge in [0.2, 0.25) is 5.91 Å². The van der Waals surface area contributed by atoms with Crippen LogP contribution in [0.5, 0.6) is 0 Å². The van der Waals surface area contributed by atoms with Crippen molar-refractivity contribution in [3.8, 4) is 0 Å². The zero-order valence-corrected chi connectivity index (χ0v) is 13.6. The van der Waals surface area contributed by atoms with Crippen molar-refractivity contribution in [3.05, 3.63) is 0 Å². The summed E-state index contributed by atoms with van der Waals surface area (Å²) in [5.41, 5.74) is 0. The molecule has 1 fully saturated rings. The van der Waals surface area contributed by atoms with E-state index in [0.717, 1.165) is 32.7 Å². The van der Waals surface area contributed by atoms with Gasteiger partial charge in [0.05, 0.1) is 5.75 Å². The first-order valence-electron chi connectivity index (χ1n) is 7.23. The molecule has 0 aromatic heterocycles. The highest BCUT2D eigenvalue weighted by Crippen LogP contribution is 2.05. The van der Waals surface area contributed by atoms with Crippen molar-refractivity contribution in [1.82, 2.24) is 15.1 Å². The summed E-state index contributed by atoms with van der Waals surface area (Å²) in [7, 11) is -2.98. The Morgan fingerprint density at radius 2 is 1.95 bits per heavy atom. The first kappa shape index (κ1) is 17.4. The maximum absolute atomic E-state index is 12.1. The molecule has 0 radical (unpaired) electrons. The number of carbonyl (C=O) groups excluding carboxylic acids is 1. The lowest BCUT2D eigenvalue weighted by Crippen LogP contribution is -2.47. The van der Waals surface area contributed by atoms with Crippen molar-refractivity contribution in [1.29, 1.82) is 0 Å². The largest absolute Gasteiger partial charge is 0.340 e. The predicted octanol–water partition coefficient (Wildman–Crippen LogP) is -0.437. The average Bonchev–Trinajstić information content (AvgIpc) is 2.38. The Labute approximate surface area is 122 Å². The fourth-order valence-corrected chi connectivity index (χ4v) is 3.63. The van der Waals surface area contributed by atoms with E-state index < -0.39 is 9.84 Å². The van der Waals surface area contributed by atoms with Crippen LogP contribution in [0.25, 0.3) is 0 Å². The lowest BCUT2D eigenvalue weighted by molar-refractivity contribution is -0.132. The first-order valence-corrected chi connectivity index (χ1v) is 9.29. The predicted molar refractivity (Wildman–Crippen MR) is 80.5 cm³/mol. The number of nitrogens with one attached hydrogen (secondary N) is 1. The lowest BCUT2D eigenvalue weighted by atomic mass is 10.2. The molecule has 1 unspecified atom stereocenters. The summed E-state index contributed by atoms with van der Waals surface area (Å²) >= 11 is 0. The molecule has 118 valence electrons. The number of piperazine rings is 1. The van der Waals surface area contributed by atoms with Crippen LogP contribution in [0, 0.1) is 0 Å². The molecule has 1 aliphatic rings. The van der Waals surface area contributed by atoms with Crippen LogP contribution in [0.4, 0.5) is 0 Å². The number of rotatable bonds is 7. The Hall–Kier alpha value is -0.660. The second-order valence-corrected chi connectivity index (χ2v) is 7.64. The molecule has 20 heavy (non-hydrogen) atoms. The minimum absolute atomic E-state index is 0.0502. The monoisotopic (exact) mass is 305 g/mol. The van der Waals surface area contributed by atoms with E-state index in [-0.39, 0.29) is 17.7 Å². The molecule has 1 saturated heterocycles. The lowest BCUT2D eigenvalue weighted by Gasteiger charge is -2.30. The molecular weight excluding hydrogens is 278 g/mol. The van der Waals surface area contributed by atoms with Crippen LogP contribution >= 0.6 is 0 Å². The van der Waals surface area contributed by atoms with Gasteiger partial charge in [0.25, 0.3) is 0 Å². The molecule has 1 heterocycles. The van der Waals surface area contributed by atoms with Crippen molar-refractivity contribution in [2.75, 3.05) is 51.3 Å².